The van der Waals surface area contributed by atoms with Gasteiger partial charge >= 0.3 is 0 Å². The molecule has 0 saturated carbocycles. The van der Waals surface area contributed by atoms with Crippen molar-refractivity contribution in [3.63, 3.8) is 0 Å². The number of hydrogen-bond donors (Lipinski definition) is 1. The second-order valence-electron chi connectivity index (χ2n) is 6.92. The van der Waals surface area contributed by atoms with E-state index in [0.717, 1.165) is 0 Å². The molecule has 1 saturated heterocycles. The zero-order valence-corrected chi connectivity index (χ0v) is 16.9. The van der Waals surface area contributed by atoms with Crippen LogP contribution >= 0.6 is 16.0 Å². The fourth-order valence-corrected chi connectivity index (χ4v) is 11.1. The number of aryl methyl sites for hydroxylation is 6. The Bertz CT molecular complexity index is 642. The van der Waals surface area contributed by atoms with Crippen LogP contribution in [0, 0.1) is 41.5 Å². The lowest BCUT2D eigenvalue weighted by Crippen LogP contribution is -2.16. The van der Waals surface area contributed by atoms with Crippen LogP contribution < -0.4 is 15.7 Å². The molecule has 0 radical (unpaired) electrons. The molecule has 0 aromatic heterocycles. The first-order valence-electron chi connectivity index (χ1n) is 8.28. The summed E-state index contributed by atoms with van der Waals surface area (Å²) in [5.41, 5.74) is 8.68. The Morgan fingerprint density at radius 3 is 1.61 bits per heavy atom. The molecule has 23 heavy (non-hydrogen) atoms. The first kappa shape index (κ1) is 17.1. The van der Waals surface area contributed by atoms with Gasteiger partial charge in [0.15, 0.2) is 0 Å². The maximum atomic E-state index is 3.89. The molecule has 2 aromatic carbocycles. The summed E-state index contributed by atoms with van der Waals surface area (Å²) in [5.74, 6) is 1.33. The van der Waals surface area contributed by atoms with Crippen LogP contribution in [0.3, 0.4) is 0 Å². The molecule has 1 N–H and O–H groups in total. The number of nitrogens with one attached hydrogen (secondary N) is 1. The molecule has 1 nitrogen and oxygen atoms in total. The summed E-state index contributed by atoms with van der Waals surface area (Å²) in [6.45, 7) is 13.5. The molecule has 2 atom stereocenters. The van der Waals surface area contributed by atoms with Crippen molar-refractivity contribution in [3.05, 3.63) is 57.6 Å². The fraction of sp³-hybridized carbons (Fsp3) is 0.400. The Labute approximate surface area is 143 Å². The third-order valence-electron chi connectivity index (χ3n) is 4.62. The lowest BCUT2D eigenvalue weighted by molar-refractivity contribution is 1.22. The maximum absolute atomic E-state index is 3.89. The molecule has 1 heterocycles. The highest BCUT2D eigenvalue weighted by atomic mass is 31.2. The minimum atomic E-state index is -0.211. The number of hydrogen-bond acceptors (Lipinski definition) is 1. The summed E-state index contributed by atoms with van der Waals surface area (Å²) < 4.78 is 0. The van der Waals surface area contributed by atoms with Crippen molar-refractivity contribution in [2.24, 2.45) is 0 Å². The van der Waals surface area contributed by atoms with Gasteiger partial charge < -0.3 is 0 Å². The molecular weight excluding hydrogens is 316 g/mol. The van der Waals surface area contributed by atoms with Crippen molar-refractivity contribution in [3.8, 4) is 0 Å². The van der Waals surface area contributed by atoms with Crippen LogP contribution in [0.1, 0.15) is 33.4 Å². The predicted octanol–water partition coefficient (Wildman–Crippen LogP) is 4.88. The summed E-state index contributed by atoms with van der Waals surface area (Å²) in [6, 6.07) is 9.39. The van der Waals surface area contributed by atoms with Crippen LogP contribution in [-0.2, 0) is 0 Å². The lowest BCUT2D eigenvalue weighted by Gasteiger charge is -2.19. The third kappa shape index (κ3) is 3.39. The van der Waals surface area contributed by atoms with E-state index in [1.807, 2.05) is 0 Å². The van der Waals surface area contributed by atoms with E-state index < -0.39 is 0 Å². The highest BCUT2D eigenvalue weighted by molar-refractivity contribution is 7.84. The van der Waals surface area contributed by atoms with Gasteiger partial charge in [0.2, 0.25) is 0 Å². The Hall–Kier alpha value is -0.740. The molecule has 0 spiro atoms. The van der Waals surface area contributed by atoms with Gasteiger partial charge in [0.25, 0.3) is 0 Å². The van der Waals surface area contributed by atoms with Crippen molar-refractivity contribution in [2.75, 3.05) is 12.2 Å². The Balaban J connectivity index is 1.91. The third-order valence-corrected chi connectivity index (χ3v) is 11.0. The number of benzene rings is 2. The van der Waals surface area contributed by atoms with Gasteiger partial charge in [-0.05, 0) is 82.5 Å². The van der Waals surface area contributed by atoms with Crippen LogP contribution in [0.15, 0.2) is 24.3 Å². The van der Waals surface area contributed by atoms with Gasteiger partial charge in [-0.25, -0.2) is 0 Å². The lowest BCUT2D eigenvalue weighted by atomic mass is 10.1. The van der Waals surface area contributed by atoms with E-state index in [9.17, 15) is 0 Å². The second kappa shape index (κ2) is 6.64. The van der Waals surface area contributed by atoms with Crippen molar-refractivity contribution < 1.29 is 0 Å². The Kier molecular flexibility index (Phi) is 4.93. The molecule has 3 rings (SSSR count). The van der Waals surface area contributed by atoms with Crippen molar-refractivity contribution in [1.82, 2.24) is 5.09 Å². The number of rotatable bonds is 2. The van der Waals surface area contributed by atoms with Gasteiger partial charge in [0.1, 0.15) is 0 Å². The standard InChI is InChI=1S/C20H27NP2/c1-13-7-15(3)19(16(4)8-13)22-11-21-23(12-22)20-17(5)9-14(2)10-18(20)6/h7-10,21H,11-12H2,1-6H3. The van der Waals surface area contributed by atoms with Crippen LogP contribution in [0.5, 0.6) is 0 Å². The molecule has 3 heteroatoms. The predicted molar refractivity (Wildman–Crippen MR) is 107 cm³/mol. The van der Waals surface area contributed by atoms with E-state index in [0.29, 0.717) is 0 Å². The molecule has 122 valence electrons. The normalized spacial score (nSPS) is 21.0. The van der Waals surface area contributed by atoms with Crippen LogP contribution in [-0.4, -0.2) is 12.2 Å². The Morgan fingerprint density at radius 2 is 1.13 bits per heavy atom. The van der Waals surface area contributed by atoms with Crippen molar-refractivity contribution >= 4 is 26.6 Å². The van der Waals surface area contributed by atoms with E-state index >= 15 is 0 Å². The summed E-state index contributed by atoms with van der Waals surface area (Å²) >= 11 is 0. The van der Waals surface area contributed by atoms with E-state index in [4.69, 9.17) is 0 Å². The van der Waals surface area contributed by atoms with Gasteiger partial charge in [-0.2, -0.15) is 0 Å². The monoisotopic (exact) mass is 343 g/mol. The summed E-state index contributed by atoms with van der Waals surface area (Å²) in [4.78, 5) is 0. The van der Waals surface area contributed by atoms with Gasteiger partial charge in [0.05, 0.1) is 0 Å². The molecular formula is C20H27NP2. The van der Waals surface area contributed by atoms with Crippen LogP contribution in [0.25, 0.3) is 0 Å². The minimum Gasteiger partial charge on any atom is -0.287 e. The summed E-state index contributed by atoms with van der Waals surface area (Å²) in [5, 5.41) is 7.12. The Morgan fingerprint density at radius 1 is 0.696 bits per heavy atom. The van der Waals surface area contributed by atoms with Crippen molar-refractivity contribution in [2.45, 2.75) is 41.5 Å². The minimum absolute atomic E-state index is 0.0720. The van der Waals surface area contributed by atoms with Gasteiger partial charge in [-0.3, -0.25) is 5.09 Å². The molecule has 0 amide bonds. The topological polar surface area (TPSA) is 12.0 Å². The summed E-state index contributed by atoms with van der Waals surface area (Å²) in [7, 11) is -0.283. The molecule has 0 bridgehead atoms. The maximum Gasteiger partial charge on any atom is 0.0239 e. The molecule has 1 aliphatic rings. The zero-order chi connectivity index (χ0) is 16.7. The van der Waals surface area contributed by atoms with E-state index in [-0.39, 0.29) is 16.0 Å². The first-order chi connectivity index (χ1) is 10.9. The largest absolute Gasteiger partial charge is 0.287 e. The highest BCUT2D eigenvalue weighted by Crippen LogP contribution is 2.55. The van der Waals surface area contributed by atoms with E-state index in [1.54, 1.807) is 10.6 Å². The summed E-state index contributed by atoms with van der Waals surface area (Å²) in [6.07, 6.45) is 1.18. The average Bonchev–Trinajstić information content (AvgIpc) is 2.85. The van der Waals surface area contributed by atoms with Crippen LogP contribution in [0.4, 0.5) is 0 Å². The molecule has 0 aliphatic carbocycles. The highest BCUT2D eigenvalue weighted by Gasteiger charge is 2.29. The molecule has 1 fully saturated rings. The van der Waals surface area contributed by atoms with E-state index in [1.165, 1.54) is 45.6 Å². The second-order valence-corrected chi connectivity index (χ2v) is 11.5. The quantitative estimate of drug-likeness (QED) is 0.766. The van der Waals surface area contributed by atoms with Gasteiger partial charge in [-0.1, -0.05) is 43.3 Å². The first-order valence-corrected chi connectivity index (χ1v) is 11.5. The zero-order valence-electron chi connectivity index (χ0n) is 15.1. The van der Waals surface area contributed by atoms with Crippen LogP contribution in [0.2, 0.25) is 0 Å². The fourth-order valence-electron chi connectivity index (χ4n) is 4.01. The van der Waals surface area contributed by atoms with Gasteiger partial charge in [0, 0.05) is 12.2 Å². The molecule has 1 aliphatic heterocycles. The molecule has 2 unspecified atom stereocenters. The SMILES string of the molecule is Cc1cc(C)c(P2CNP(c3c(C)cc(C)cc3C)C2)c(C)c1. The van der Waals surface area contributed by atoms with Crippen molar-refractivity contribution in [1.29, 1.82) is 0 Å². The average molecular weight is 343 g/mol. The van der Waals surface area contributed by atoms with E-state index in [2.05, 4.69) is 70.9 Å². The molecule has 2 aromatic rings. The van der Waals surface area contributed by atoms with Gasteiger partial charge in [-0.15, -0.1) is 0 Å². The smallest absolute Gasteiger partial charge is 0.0239 e.